The van der Waals surface area contributed by atoms with Crippen LogP contribution >= 0.6 is 0 Å². The van der Waals surface area contributed by atoms with E-state index >= 15 is 0 Å². The quantitative estimate of drug-likeness (QED) is 0.717. The summed E-state index contributed by atoms with van der Waals surface area (Å²) in [5.41, 5.74) is 2.32. The van der Waals surface area contributed by atoms with Crippen LogP contribution in [0.15, 0.2) is 24.3 Å². The second-order valence-electron chi connectivity index (χ2n) is 6.21. The molecule has 5 nitrogen and oxygen atoms in total. The van der Waals surface area contributed by atoms with E-state index in [1.165, 1.54) is 10.5 Å². The van der Waals surface area contributed by atoms with Crippen LogP contribution in [-0.4, -0.2) is 31.0 Å². The fourth-order valence-electron chi connectivity index (χ4n) is 3.77. The van der Waals surface area contributed by atoms with Crippen LogP contribution in [0.3, 0.4) is 0 Å². The van der Waals surface area contributed by atoms with Crippen LogP contribution in [0.1, 0.15) is 17.2 Å². The molecule has 2 atom stereocenters. The summed E-state index contributed by atoms with van der Waals surface area (Å²) < 4.78 is 10.6. The summed E-state index contributed by atoms with van der Waals surface area (Å²) in [5, 5.41) is 22.1. The first-order chi connectivity index (χ1) is 11.6. The van der Waals surface area contributed by atoms with Gasteiger partial charge in [-0.3, -0.25) is 4.90 Å². The van der Waals surface area contributed by atoms with Gasteiger partial charge in [0, 0.05) is 12.0 Å². The van der Waals surface area contributed by atoms with Crippen molar-refractivity contribution < 1.29 is 24.6 Å². The van der Waals surface area contributed by atoms with Crippen molar-refractivity contribution >= 4 is 12.3 Å². The fourth-order valence-corrected chi connectivity index (χ4v) is 3.77. The van der Waals surface area contributed by atoms with Crippen LogP contribution < -0.4 is 24.8 Å². The molecule has 0 spiro atoms. The first-order valence-corrected chi connectivity index (χ1v) is 7.97. The van der Waals surface area contributed by atoms with Crippen molar-refractivity contribution in [2.75, 3.05) is 20.8 Å². The van der Waals surface area contributed by atoms with Gasteiger partial charge in [-0.15, -0.1) is 0 Å². The predicted octanol–water partition coefficient (Wildman–Crippen LogP) is -0.171. The van der Waals surface area contributed by atoms with Crippen LogP contribution in [0.25, 0.3) is 12.3 Å². The van der Waals surface area contributed by atoms with E-state index in [0.29, 0.717) is 11.5 Å². The maximum absolute atomic E-state index is 10.2. The highest BCUT2D eigenvalue weighted by Gasteiger charge is 2.32. The Hall–Kier alpha value is -2.66. The number of methoxy groups -OCH3 is 2. The molecule has 0 aromatic heterocycles. The molecule has 5 heteroatoms. The van der Waals surface area contributed by atoms with Gasteiger partial charge in [0.05, 0.1) is 26.0 Å². The monoisotopic (exact) mass is 326 g/mol. The van der Waals surface area contributed by atoms with Gasteiger partial charge in [0.2, 0.25) is 0 Å². The molecule has 0 fully saturated rings. The maximum atomic E-state index is 10.2. The summed E-state index contributed by atoms with van der Waals surface area (Å²) >= 11 is 0. The summed E-state index contributed by atoms with van der Waals surface area (Å²) in [4.78, 5) is 1.27. The van der Waals surface area contributed by atoms with E-state index in [0.717, 1.165) is 29.0 Å². The van der Waals surface area contributed by atoms with Crippen molar-refractivity contribution in [3.63, 3.8) is 0 Å². The first-order valence-electron chi connectivity index (χ1n) is 7.97. The van der Waals surface area contributed by atoms with Crippen LogP contribution in [0.4, 0.5) is 0 Å². The largest absolute Gasteiger partial charge is 0.504 e. The molecule has 0 saturated carbocycles. The van der Waals surface area contributed by atoms with Gasteiger partial charge in [-0.25, -0.2) is 0 Å². The number of phenolic OH excluding ortho intramolecular Hbond substituents is 2. The van der Waals surface area contributed by atoms with Crippen molar-refractivity contribution in [3.05, 3.63) is 45.8 Å². The van der Waals surface area contributed by atoms with E-state index in [-0.39, 0.29) is 17.5 Å². The molecule has 3 N–H and O–H groups in total. The summed E-state index contributed by atoms with van der Waals surface area (Å²) in [5.74, 6) is 1.35. The topological polar surface area (TPSA) is 63.4 Å². The fraction of sp³-hybridized carbons (Fsp3) is 0.263. The minimum Gasteiger partial charge on any atom is -0.504 e. The van der Waals surface area contributed by atoms with Gasteiger partial charge in [-0.1, -0.05) is 6.07 Å². The molecule has 2 aliphatic heterocycles. The molecule has 0 amide bonds. The zero-order valence-electron chi connectivity index (χ0n) is 13.7. The zero-order chi connectivity index (χ0) is 16.8. The number of aromatic hydroxyl groups is 2. The molecule has 0 saturated heterocycles. The Bertz CT molecular complexity index is 935. The molecule has 0 bridgehead atoms. The normalized spacial score (nSPS) is 20.8. The second kappa shape index (κ2) is 5.46. The number of phenols is 2. The Morgan fingerprint density at radius 1 is 1.08 bits per heavy atom. The third kappa shape index (κ3) is 2.12. The van der Waals surface area contributed by atoms with E-state index in [1.54, 1.807) is 20.3 Å². The minimum absolute atomic E-state index is 0.132. The predicted molar refractivity (Wildman–Crippen MR) is 89.8 cm³/mol. The number of quaternary nitrogens is 1. The second-order valence-corrected chi connectivity index (χ2v) is 6.21. The van der Waals surface area contributed by atoms with Crippen molar-refractivity contribution in [1.82, 2.24) is 0 Å². The molecule has 4 rings (SSSR count). The molecule has 2 aromatic carbocycles. The number of nitrogens with one attached hydrogen (secondary N) is 1. The smallest absolute Gasteiger partial charge is 0.173 e. The van der Waals surface area contributed by atoms with Crippen molar-refractivity contribution in [2.45, 2.75) is 12.5 Å². The SMILES string of the molecule is COc1cc2c(cc1O)C1C=c3ccc(O)c(OC)c3=C[NH+]1CC2. The highest BCUT2D eigenvalue weighted by molar-refractivity contribution is 5.55. The third-order valence-electron chi connectivity index (χ3n) is 4.95. The zero-order valence-corrected chi connectivity index (χ0v) is 13.7. The molecule has 24 heavy (non-hydrogen) atoms. The Kier molecular flexibility index (Phi) is 3.39. The highest BCUT2D eigenvalue weighted by atomic mass is 16.5. The lowest BCUT2D eigenvalue weighted by atomic mass is 9.90. The van der Waals surface area contributed by atoms with Crippen LogP contribution in [0.5, 0.6) is 23.0 Å². The lowest BCUT2D eigenvalue weighted by molar-refractivity contribution is -0.844. The number of hydrogen-bond acceptors (Lipinski definition) is 4. The highest BCUT2D eigenvalue weighted by Crippen LogP contribution is 2.34. The van der Waals surface area contributed by atoms with E-state index < -0.39 is 0 Å². The average Bonchev–Trinajstić information content (AvgIpc) is 2.59. The van der Waals surface area contributed by atoms with E-state index in [1.807, 2.05) is 18.2 Å². The van der Waals surface area contributed by atoms with Gasteiger partial charge < -0.3 is 19.7 Å². The van der Waals surface area contributed by atoms with E-state index in [2.05, 4.69) is 12.3 Å². The van der Waals surface area contributed by atoms with Crippen molar-refractivity contribution in [2.24, 2.45) is 0 Å². The number of hydrogen-bond donors (Lipinski definition) is 3. The number of fused-ring (bicyclic) bond motifs is 4. The third-order valence-corrected chi connectivity index (χ3v) is 4.95. The molecule has 0 radical (unpaired) electrons. The van der Waals surface area contributed by atoms with Gasteiger partial charge in [-0.2, -0.15) is 0 Å². The maximum Gasteiger partial charge on any atom is 0.173 e. The Morgan fingerprint density at radius 2 is 1.92 bits per heavy atom. The molecule has 2 unspecified atom stereocenters. The standard InChI is InChI=1S/C19H19NO4/c1-23-18-8-12-5-6-20-10-14-11(3-4-16(21)19(14)24-2)7-15(20)13(12)9-17(18)22/h3-4,7-10,15,21-22H,5-6H2,1-2H3/p+1. The molecular formula is C19H20NO4+. The van der Waals surface area contributed by atoms with E-state index in [9.17, 15) is 10.2 Å². The van der Waals surface area contributed by atoms with Crippen molar-refractivity contribution in [3.8, 4) is 23.0 Å². The Labute approximate surface area is 139 Å². The van der Waals surface area contributed by atoms with Gasteiger partial charge >= 0.3 is 0 Å². The van der Waals surface area contributed by atoms with Gasteiger partial charge in [0.25, 0.3) is 0 Å². The number of benzene rings is 2. The lowest BCUT2D eigenvalue weighted by Gasteiger charge is -2.32. The average molecular weight is 326 g/mol. The Balaban J connectivity index is 1.91. The van der Waals surface area contributed by atoms with Gasteiger partial charge in [0.15, 0.2) is 23.0 Å². The number of ether oxygens (including phenoxy) is 2. The molecule has 2 aliphatic rings. The van der Waals surface area contributed by atoms with E-state index in [4.69, 9.17) is 9.47 Å². The van der Waals surface area contributed by atoms with Gasteiger partial charge in [0.1, 0.15) is 12.2 Å². The molecule has 2 aromatic rings. The molecular weight excluding hydrogens is 306 g/mol. The van der Waals surface area contributed by atoms with Crippen LogP contribution in [0, 0.1) is 0 Å². The van der Waals surface area contributed by atoms with Crippen LogP contribution in [-0.2, 0) is 6.42 Å². The molecule has 124 valence electrons. The summed E-state index contributed by atoms with van der Waals surface area (Å²) in [7, 11) is 3.14. The summed E-state index contributed by atoms with van der Waals surface area (Å²) in [6, 6.07) is 7.43. The number of rotatable bonds is 2. The molecule has 0 aliphatic carbocycles. The summed E-state index contributed by atoms with van der Waals surface area (Å²) in [6.45, 7) is 0.931. The summed E-state index contributed by atoms with van der Waals surface area (Å²) in [6.07, 6.45) is 5.19. The first kappa shape index (κ1) is 14.9. The Morgan fingerprint density at radius 3 is 2.67 bits per heavy atom. The lowest BCUT2D eigenvalue weighted by Crippen LogP contribution is -3.09. The van der Waals surface area contributed by atoms with Crippen LogP contribution in [0.2, 0.25) is 0 Å². The van der Waals surface area contributed by atoms with Gasteiger partial charge in [-0.05, 0) is 35.1 Å². The molecule has 2 heterocycles. The van der Waals surface area contributed by atoms with Crippen molar-refractivity contribution in [1.29, 1.82) is 0 Å². The minimum atomic E-state index is 0.132.